The van der Waals surface area contributed by atoms with Crippen molar-refractivity contribution in [2.45, 2.75) is 23.5 Å². The van der Waals surface area contributed by atoms with Gasteiger partial charge >= 0.3 is 11.7 Å². The Kier molecular flexibility index (Phi) is 4.96. The van der Waals surface area contributed by atoms with Gasteiger partial charge in [0, 0.05) is 22.3 Å². The predicted octanol–water partition coefficient (Wildman–Crippen LogP) is 2.56. The molecule has 6 nitrogen and oxygen atoms in total. The van der Waals surface area contributed by atoms with Crippen LogP contribution >= 0.6 is 11.8 Å². The third-order valence-electron chi connectivity index (χ3n) is 2.15. The minimum absolute atomic E-state index is 0.0317. The van der Waals surface area contributed by atoms with Crippen LogP contribution in [-0.4, -0.2) is 28.4 Å². The first-order chi connectivity index (χ1) is 8.43. The van der Waals surface area contributed by atoms with Crippen LogP contribution in [0.25, 0.3) is 0 Å². The minimum Gasteiger partial charge on any atom is -0.490 e. The number of hydrogen-bond donors (Lipinski definition) is 1. The van der Waals surface area contributed by atoms with E-state index in [0.29, 0.717) is 0 Å². The number of ether oxygens (including phenoxy) is 1. The van der Waals surface area contributed by atoms with Gasteiger partial charge in [0.15, 0.2) is 5.75 Å². The molecule has 7 heteroatoms. The fraction of sp³-hybridized carbons (Fsp3) is 0.364. The van der Waals surface area contributed by atoms with Crippen LogP contribution in [0, 0.1) is 10.1 Å². The highest BCUT2D eigenvalue weighted by Gasteiger charge is 2.16. The Bertz CT molecular complexity index is 463. The van der Waals surface area contributed by atoms with Gasteiger partial charge in [-0.25, -0.2) is 0 Å². The van der Waals surface area contributed by atoms with Gasteiger partial charge in [-0.3, -0.25) is 14.9 Å². The van der Waals surface area contributed by atoms with E-state index in [1.165, 1.54) is 24.9 Å². The first-order valence-corrected chi connectivity index (χ1v) is 6.03. The van der Waals surface area contributed by atoms with Crippen LogP contribution in [0.1, 0.15) is 13.3 Å². The minimum atomic E-state index is -0.871. The number of carboxylic acid groups (broad SMARTS) is 1. The van der Waals surface area contributed by atoms with Gasteiger partial charge in [-0.15, -0.1) is 11.8 Å². The van der Waals surface area contributed by atoms with E-state index in [0.717, 1.165) is 4.90 Å². The molecule has 0 saturated carbocycles. The molecule has 18 heavy (non-hydrogen) atoms. The van der Waals surface area contributed by atoms with Gasteiger partial charge in [0.1, 0.15) is 0 Å². The Balaban J connectivity index is 2.85. The number of benzene rings is 1. The number of nitro benzene ring substituents is 1. The molecule has 0 aliphatic rings. The Morgan fingerprint density at radius 3 is 2.78 bits per heavy atom. The second-order valence-electron chi connectivity index (χ2n) is 3.62. The number of aliphatic carboxylic acids is 1. The average molecular weight is 271 g/mol. The summed E-state index contributed by atoms with van der Waals surface area (Å²) in [5, 5.41) is 19.2. The second-order valence-corrected chi connectivity index (χ2v) is 5.13. The maximum absolute atomic E-state index is 10.7. The van der Waals surface area contributed by atoms with Crippen LogP contribution in [0.3, 0.4) is 0 Å². The molecule has 0 amide bonds. The quantitative estimate of drug-likeness (QED) is 0.486. The molecule has 1 aromatic carbocycles. The summed E-state index contributed by atoms with van der Waals surface area (Å²) in [4.78, 5) is 21.5. The molecule has 1 unspecified atom stereocenters. The van der Waals surface area contributed by atoms with E-state index in [1.807, 2.05) is 0 Å². The number of nitro groups is 1. The molecule has 0 aromatic heterocycles. The van der Waals surface area contributed by atoms with Crippen LogP contribution in [0.5, 0.6) is 5.75 Å². The number of thioether (sulfide) groups is 1. The fourth-order valence-corrected chi connectivity index (χ4v) is 2.41. The summed E-state index contributed by atoms with van der Waals surface area (Å²) in [5.41, 5.74) is -0.104. The van der Waals surface area contributed by atoms with E-state index in [-0.39, 0.29) is 23.1 Å². The fourth-order valence-electron chi connectivity index (χ4n) is 1.40. The Hall–Kier alpha value is -1.76. The molecule has 1 rings (SSSR count). The van der Waals surface area contributed by atoms with Crippen molar-refractivity contribution in [3.63, 3.8) is 0 Å². The van der Waals surface area contributed by atoms with Gasteiger partial charge in [-0.2, -0.15) is 0 Å². The van der Waals surface area contributed by atoms with E-state index in [2.05, 4.69) is 0 Å². The van der Waals surface area contributed by atoms with Crippen LogP contribution in [0.4, 0.5) is 5.69 Å². The number of carbonyl (C=O) groups is 1. The summed E-state index contributed by atoms with van der Waals surface area (Å²) in [6.07, 6.45) is 0.0317. The summed E-state index contributed by atoms with van der Waals surface area (Å²) < 4.78 is 4.94. The normalized spacial score (nSPS) is 11.9. The zero-order valence-electron chi connectivity index (χ0n) is 9.95. The third-order valence-corrected chi connectivity index (χ3v) is 3.24. The highest BCUT2D eigenvalue weighted by atomic mass is 32.2. The van der Waals surface area contributed by atoms with Gasteiger partial charge in [0.2, 0.25) is 0 Å². The maximum Gasteiger partial charge on any atom is 0.310 e. The van der Waals surface area contributed by atoms with Crippen LogP contribution in [0.15, 0.2) is 23.1 Å². The maximum atomic E-state index is 10.7. The third kappa shape index (κ3) is 3.92. The summed E-state index contributed by atoms with van der Waals surface area (Å²) in [7, 11) is 1.36. The molecule has 0 saturated heterocycles. The predicted molar refractivity (Wildman–Crippen MR) is 67.2 cm³/mol. The number of hydrogen-bond acceptors (Lipinski definition) is 5. The van der Waals surface area contributed by atoms with Gasteiger partial charge in [-0.05, 0) is 6.07 Å². The van der Waals surface area contributed by atoms with Gasteiger partial charge in [-0.1, -0.05) is 6.92 Å². The first-order valence-electron chi connectivity index (χ1n) is 5.15. The lowest BCUT2D eigenvalue weighted by Gasteiger charge is -2.09. The number of carboxylic acids is 1. The Morgan fingerprint density at radius 2 is 2.28 bits per heavy atom. The second kappa shape index (κ2) is 6.25. The topological polar surface area (TPSA) is 89.7 Å². The molecular formula is C11H13NO5S. The molecule has 0 spiro atoms. The van der Waals surface area contributed by atoms with Gasteiger partial charge in [0.05, 0.1) is 18.5 Å². The lowest BCUT2D eigenvalue weighted by molar-refractivity contribution is -0.385. The summed E-state index contributed by atoms with van der Waals surface area (Å²) in [6, 6.07) is 4.49. The largest absolute Gasteiger partial charge is 0.490 e. The number of nitrogens with zero attached hydrogens (tertiary/aromatic N) is 1. The first kappa shape index (κ1) is 14.3. The van der Waals surface area contributed by atoms with Crippen molar-refractivity contribution in [1.29, 1.82) is 0 Å². The molecule has 0 heterocycles. The van der Waals surface area contributed by atoms with E-state index in [4.69, 9.17) is 9.84 Å². The lowest BCUT2D eigenvalue weighted by atomic mass is 10.3. The Morgan fingerprint density at radius 1 is 1.61 bits per heavy atom. The van der Waals surface area contributed by atoms with E-state index in [1.54, 1.807) is 19.1 Å². The van der Waals surface area contributed by atoms with Crippen molar-refractivity contribution in [3.05, 3.63) is 28.3 Å². The molecular weight excluding hydrogens is 258 g/mol. The molecule has 0 aliphatic heterocycles. The summed E-state index contributed by atoms with van der Waals surface area (Å²) in [5.74, 6) is -0.698. The van der Waals surface area contributed by atoms with Crippen molar-refractivity contribution in [2.24, 2.45) is 0 Å². The molecule has 1 N–H and O–H groups in total. The smallest absolute Gasteiger partial charge is 0.310 e. The summed E-state index contributed by atoms with van der Waals surface area (Å²) >= 11 is 1.34. The number of methoxy groups -OCH3 is 1. The van der Waals surface area contributed by atoms with Crippen LogP contribution < -0.4 is 4.74 Å². The highest BCUT2D eigenvalue weighted by Crippen LogP contribution is 2.33. The van der Waals surface area contributed by atoms with Crippen molar-refractivity contribution in [3.8, 4) is 5.75 Å². The SMILES string of the molecule is COc1cc(SC(C)CC(=O)O)ccc1[N+](=O)[O-]. The average Bonchev–Trinajstić information content (AvgIpc) is 2.27. The molecule has 98 valence electrons. The van der Waals surface area contributed by atoms with Crippen molar-refractivity contribution >= 4 is 23.4 Å². The molecule has 0 bridgehead atoms. The zero-order valence-corrected chi connectivity index (χ0v) is 10.8. The van der Waals surface area contributed by atoms with Crippen molar-refractivity contribution < 1.29 is 19.6 Å². The molecule has 0 radical (unpaired) electrons. The standard InChI is InChI=1S/C11H13NO5S/c1-7(5-11(13)14)18-8-3-4-9(12(15)16)10(6-8)17-2/h3-4,6-7H,5H2,1-2H3,(H,13,14). The van der Waals surface area contributed by atoms with Gasteiger partial charge in [0.25, 0.3) is 0 Å². The van der Waals surface area contributed by atoms with Crippen molar-refractivity contribution in [2.75, 3.05) is 7.11 Å². The van der Waals surface area contributed by atoms with E-state index >= 15 is 0 Å². The Labute approximate surface area is 108 Å². The van der Waals surface area contributed by atoms with E-state index < -0.39 is 10.9 Å². The number of rotatable bonds is 6. The molecule has 0 aliphatic carbocycles. The molecule has 1 aromatic rings. The zero-order chi connectivity index (χ0) is 13.7. The molecule has 1 atom stereocenters. The monoisotopic (exact) mass is 271 g/mol. The van der Waals surface area contributed by atoms with Crippen LogP contribution in [0.2, 0.25) is 0 Å². The summed E-state index contributed by atoms with van der Waals surface area (Å²) in [6.45, 7) is 1.78. The van der Waals surface area contributed by atoms with Crippen molar-refractivity contribution in [1.82, 2.24) is 0 Å². The van der Waals surface area contributed by atoms with Gasteiger partial charge < -0.3 is 9.84 Å². The van der Waals surface area contributed by atoms with E-state index in [9.17, 15) is 14.9 Å². The van der Waals surface area contributed by atoms with Crippen LogP contribution in [-0.2, 0) is 4.79 Å². The molecule has 0 fully saturated rings. The lowest BCUT2D eigenvalue weighted by Crippen LogP contribution is -2.05. The highest BCUT2D eigenvalue weighted by molar-refractivity contribution is 8.00.